The molecule has 0 aliphatic rings. The van der Waals surface area contributed by atoms with Crippen LogP contribution in [0, 0.1) is 0 Å². The van der Waals surface area contributed by atoms with Gasteiger partial charge in [0.1, 0.15) is 0 Å². The monoisotopic (exact) mass is 347 g/mol. The first-order valence-electron chi connectivity index (χ1n) is 7.79. The molecule has 0 atom stereocenters. The van der Waals surface area contributed by atoms with Crippen LogP contribution in [-0.2, 0) is 32.5 Å². The van der Waals surface area contributed by atoms with Gasteiger partial charge in [-0.3, -0.25) is 4.79 Å². The third-order valence-corrected chi connectivity index (χ3v) is 4.88. The lowest BCUT2D eigenvalue weighted by Gasteiger charge is -2.08. The van der Waals surface area contributed by atoms with Crippen molar-refractivity contribution in [2.24, 2.45) is 0 Å². The molecule has 24 heavy (non-hydrogen) atoms. The van der Waals surface area contributed by atoms with Gasteiger partial charge >= 0.3 is 5.97 Å². The maximum absolute atomic E-state index is 12.3. The number of aryl methyl sites for hydroxylation is 1. The minimum Gasteiger partial charge on any atom is -0.466 e. The molecule has 0 amide bonds. The Kier molecular flexibility index (Phi) is 6.52. The molecule has 0 fully saturated rings. The van der Waals surface area contributed by atoms with Crippen molar-refractivity contribution in [2.75, 3.05) is 6.61 Å². The maximum Gasteiger partial charge on any atom is 0.306 e. The summed E-state index contributed by atoms with van der Waals surface area (Å²) in [5.74, 6) is -0.251. The number of nitrogens with one attached hydrogen (secondary N) is 1. The van der Waals surface area contributed by atoms with Gasteiger partial charge in [-0.1, -0.05) is 42.5 Å². The number of benzene rings is 2. The van der Waals surface area contributed by atoms with E-state index in [1.165, 1.54) is 0 Å². The van der Waals surface area contributed by atoms with Gasteiger partial charge in [0.15, 0.2) is 0 Å². The van der Waals surface area contributed by atoms with E-state index in [1.807, 2.05) is 30.3 Å². The lowest BCUT2D eigenvalue weighted by Crippen LogP contribution is -2.23. The van der Waals surface area contributed by atoms with Crippen molar-refractivity contribution in [1.29, 1.82) is 0 Å². The average Bonchev–Trinajstić information content (AvgIpc) is 2.60. The van der Waals surface area contributed by atoms with Crippen LogP contribution in [0.5, 0.6) is 0 Å². The molecule has 0 saturated carbocycles. The highest BCUT2D eigenvalue weighted by Crippen LogP contribution is 2.13. The van der Waals surface area contributed by atoms with Crippen molar-refractivity contribution >= 4 is 16.0 Å². The fraction of sp³-hybridized carbons (Fsp3) is 0.278. The number of ether oxygens (including phenoxy) is 1. The van der Waals surface area contributed by atoms with Crippen LogP contribution in [0.2, 0.25) is 0 Å². The number of carbonyl (C=O) groups excluding carboxylic acids is 1. The summed E-state index contributed by atoms with van der Waals surface area (Å²) in [6.45, 7) is 2.37. The van der Waals surface area contributed by atoms with E-state index in [4.69, 9.17) is 4.74 Å². The largest absolute Gasteiger partial charge is 0.466 e. The van der Waals surface area contributed by atoms with Crippen molar-refractivity contribution in [3.05, 3.63) is 65.7 Å². The van der Waals surface area contributed by atoms with Gasteiger partial charge in [-0.05, 0) is 36.6 Å². The van der Waals surface area contributed by atoms with E-state index in [1.54, 1.807) is 31.2 Å². The van der Waals surface area contributed by atoms with Crippen molar-refractivity contribution in [3.8, 4) is 0 Å². The lowest BCUT2D eigenvalue weighted by atomic mass is 10.1. The summed E-state index contributed by atoms with van der Waals surface area (Å²) in [5.41, 5.74) is 1.79. The van der Waals surface area contributed by atoms with E-state index in [0.717, 1.165) is 11.1 Å². The molecular weight excluding hydrogens is 326 g/mol. The molecule has 2 aromatic carbocycles. The molecule has 128 valence electrons. The Morgan fingerprint density at radius 1 is 1.00 bits per heavy atom. The SMILES string of the molecule is CCOC(=O)CCc1ccc(S(=O)(=O)NCc2ccccc2)cc1. The number of esters is 1. The van der Waals surface area contributed by atoms with Crippen molar-refractivity contribution < 1.29 is 17.9 Å². The van der Waals surface area contributed by atoms with Gasteiger partial charge in [0, 0.05) is 13.0 Å². The van der Waals surface area contributed by atoms with Gasteiger partial charge < -0.3 is 4.74 Å². The van der Waals surface area contributed by atoms with Crippen molar-refractivity contribution in [1.82, 2.24) is 4.72 Å². The number of sulfonamides is 1. The van der Waals surface area contributed by atoms with Gasteiger partial charge in [0.2, 0.25) is 10.0 Å². The van der Waals surface area contributed by atoms with Gasteiger partial charge in [-0.25, -0.2) is 13.1 Å². The first-order valence-corrected chi connectivity index (χ1v) is 9.28. The van der Waals surface area contributed by atoms with E-state index in [0.29, 0.717) is 13.0 Å². The van der Waals surface area contributed by atoms with Crippen LogP contribution >= 0.6 is 0 Å². The predicted octanol–water partition coefficient (Wildman–Crippen LogP) is 2.66. The number of rotatable bonds is 8. The van der Waals surface area contributed by atoms with Crippen LogP contribution < -0.4 is 4.72 Å². The summed E-state index contributed by atoms with van der Waals surface area (Å²) < 4.78 is 32.0. The van der Waals surface area contributed by atoms with E-state index in [2.05, 4.69) is 4.72 Å². The molecule has 6 heteroatoms. The Morgan fingerprint density at radius 3 is 2.29 bits per heavy atom. The van der Waals surface area contributed by atoms with Crippen LogP contribution in [0.4, 0.5) is 0 Å². The number of carbonyl (C=O) groups is 1. The summed E-state index contributed by atoms with van der Waals surface area (Å²) in [4.78, 5) is 11.5. The van der Waals surface area contributed by atoms with Crippen LogP contribution in [0.3, 0.4) is 0 Å². The molecule has 0 bridgehead atoms. The van der Waals surface area contributed by atoms with Crippen molar-refractivity contribution in [3.63, 3.8) is 0 Å². The number of hydrogen-bond donors (Lipinski definition) is 1. The van der Waals surface area contributed by atoms with Gasteiger partial charge in [0.05, 0.1) is 11.5 Å². The minimum atomic E-state index is -3.56. The molecule has 0 unspecified atom stereocenters. The predicted molar refractivity (Wildman–Crippen MR) is 91.9 cm³/mol. The molecule has 2 rings (SSSR count). The van der Waals surface area contributed by atoms with E-state index >= 15 is 0 Å². The van der Waals surface area contributed by atoms with Crippen LogP contribution in [-0.4, -0.2) is 21.0 Å². The molecular formula is C18H21NO4S. The third kappa shape index (κ3) is 5.47. The summed E-state index contributed by atoms with van der Waals surface area (Å²) >= 11 is 0. The molecule has 0 aliphatic carbocycles. The summed E-state index contributed by atoms with van der Waals surface area (Å²) in [6.07, 6.45) is 0.808. The van der Waals surface area contributed by atoms with E-state index < -0.39 is 10.0 Å². The highest BCUT2D eigenvalue weighted by atomic mass is 32.2. The molecule has 0 heterocycles. The molecule has 2 aromatic rings. The van der Waals surface area contributed by atoms with Gasteiger partial charge in [-0.2, -0.15) is 0 Å². The van der Waals surface area contributed by atoms with Crippen molar-refractivity contribution in [2.45, 2.75) is 31.2 Å². The topological polar surface area (TPSA) is 72.5 Å². The molecule has 0 saturated heterocycles. The molecule has 5 nitrogen and oxygen atoms in total. The Morgan fingerprint density at radius 2 is 1.67 bits per heavy atom. The Bertz CT molecular complexity index is 755. The fourth-order valence-electron chi connectivity index (χ4n) is 2.17. The summed E-state index contributed by atoms with van der Waals surface area (Å²) in [6, 6.07) is 15.9. The quantitative estimate of drug-likeness (QED) is 0.745. The molecule has 0 aromatic heterocycles. The molecule has 0 radical (unpaired) electrons. The second-order valence-corrected chi connectivity index (χ2v) is 7.03. The fourth-order valence-corrected chi connectivity index (χ4v) is 3.19. The second kappa shape index (κ2) is 8.61. The highest BCUT2D eigenvalue weighted by Gasteiger charge is 2.13. The standard InChI is InChI=1S/C18H21NO4S/c1-2-23-18(20)13-10-15-8-11-17(12-9-15)24(21,22)19-14-16-6-4-3-5-7-16/h3-9,11-12,19H,2,10,13-14H2,1H3. The molecule has 0 aliphatic heterocycles. The minimum absolute atomic E-state index is 0.207. The maximum atomic E-state index is 12.3. The third-order valence-electron chi connectivity index (χ3n) is 3.47. The second-order valence-electron chi connectivity index (χ2n) is 5.26. The van der Waals surface area contributed by atoms with E-state index in [9.17, 15) is 13.2 Å². The Labute approximate surface area is 142 Å². The molecule has 1 N–H and O–H groups in total. The van der Waals surface area contributed by atoms with Crippen LogP contribution in [0.15, 0.2) is 59.5 Å². The van der Waals surface area contributed by atoms with Crippen LogP contribution in [0.25, 0.3) is 0 Å². The zero-order valence-electron chi connectivity index (χ0n) is 13.6. The van der Waals surface area contributed by atoms with Crippen LogP contribution in [0.1, 0.15) is 24.5 Å². The lowest BCUT2D eigenvalue weighted by molar-refractivity contribution is -0.143. The Balaban J connectivity index is 1.94. The highest BCUT2D eigenvalue weighted by molar-refractivity contribution is 7.89. The summed E-state index contributed by atoms with van der Waals surface area (Å²) in [7, 11) is -3.56. The average molecular weight is 347 g/mol. The van der Waals surface area contributed by atoms with E-state index in [-0.39, 0.29) is 23.8 Å². The smallest absolute Gasteiger partial charge is 0.306 e. The normalized spacial score (nSPS) is 11.2. The number of hydrogen-bond acceptors (Lipinski definition) is 4. The summed E-state index contributed by atoms with van der Waals surface area (Å²) in [5, 5.41) is 0. The zero-order chi connectivity index (χ0) is 17.4. The first kappa shape index (κ1) is 18.2. The first-order chi connectivity index (χ1) is 11.5. The van der Waals surface area contributed by atoms with Gasteiger partial charge in [-0.15, -0.1) is 0 Å². The zero-order valence-corrected chi connectivity index (χ0v) is 14.4. The molecule has 0 spiro atoms. The van der Waals surface area contributed by atoms with Gasteiger partial charge in [0.25, 0.3) is 0 Å². The Hall–Kier alpha value is -2.18.